The highest BCUT2D eigenvalue weighted by Gasteiger charge is 2.23. The fourth-order valence-electron chi connectivity index (χ4n) is 2.25. The number of para-hydroxylation sites is 1. The molecule has 1 aliphatic carbocycles. The average Bonchev–Trinajstić information content (AvgIpc) is 3.31. The minimum Gasteiger partial charge on any atom is -0.381 e. The van der Waals surface area contributed by atoms with Crippen LogP contribution in [0.25, 0.3) is 0 Å². The third-order valence-corrected chi connectivity index (χ3v) is 3.57. The van der Waals surface area contributed by atoms with Crippen LogP contribution in [0.1, 0.15) is 18.4 Å². The lowest BCUT2D eigenvalue weighted by Crippen LogP contribution is -2.18. The van der Waals surface area contributed by atoms with Gasteiger partial charge in [-0.1, -0.05) is 6.07 Å². The fraction of sp³-hybridized carbons (Fsp3) is 0.235. The Bertz CT molecular complexity index is 745. The maximum atomic E-state index is 14.0. The fourth-order valence-corrected chi connectivity index (χ4v) is 2.25. The second-order valence-electron chi connectivity index (χ2n) is 5.54. The number of hydrogen-bond acceptors (Lipinski definition) is 2. The van der Waals surface area contributed by atoms with Crippen LogP contribution in [0.2, 0.25) is 0 Å². The Morgan fingerprint density at radius 1 is 1.09 bits per heavy atom. The molecule has 0 spiro atoms. The van der Waals surface area contributed by atoms with Crippen LogP contribution in [0.15, 0.2) is 36.4 Å². The third kappa shape index (κ3) is 3.83. The predicted molar refractivity (Wildman–Crippen MR) is 81.7 cm³/mol. The first kappa shape index (κ1) is 15.4. The summed E-state index contributed by atoms with van der Waals surface area (Å²) in [6, 6.07) is 7.62. The molecule has 6 heteroatoms. The van der Waals surface area contributed by atoms with E-state index in [-0.39, 0.29) is 23.7 Å². The van der Waals surface area contributed by atoms with E-state index in [4.69, 9.17) is 0 Å². The number of rotatable bonds is 5. The number of nitrogens with one attached hydrogen (secondary N) is 2. The molecule has 1 aliphatic rings. The number of halogens is 3. The van der Waals surface area contributed by atoms with Crippen molar-refractivity contribution in [3.8, 4) is 0 Å². The van der Waals surface area contributed by atoms with Crippen molar-refractivity contribution in [3.63, 3.8) is 0 Å². The molecular weight excluding hydrogens is 305 g/mol. The zero-order valence-corrected chi connectivity index (χ0v) is 12.2. The summed E-state index contributed by atoms with van der Waals surface area (Å²) in [6.07, 6.45) is 1.62. The van der Waals surface area contributed by atoms with E-state index < -0.39 is 23.4 Å². The van der Waals surface area contributed by atoms with E-state index >= 15 is 0 Å². The lowest BCUT2D eigenvalue weighted by molar-refractivity contribution is -0.115. The smallest absolute Gasteiger partial charge is 0.229 e. The van der Waals surface area contributed by atoms with Gasteiger partial charge in [-0.3, -0.25) is 4.79 Å². The summed E-state index contributed by atoms with van der Waals surface area (Å²) < 4.78 is 40.7. The van der Waals surface area contributed by atoms with Crippen molar-refractivity contribution in [3.05, 3.63) is 59.4 Å². The highest BCUT2D eigenvalue weighted by atomic mass is 19.1. The predicted octanol–water partition coefficient (Wildman–Crippen LogP) is 3.86. The first-order valence-corrected chi connectivity index (χ1v) is 7.32. The number of hydrogen-bond donors (Lipinski definition) is 2. The number of carbonyl (C=O) groups is 1. The SMILES string of the molecule is O=C(Cc1cc(F)ccc1F)Nc1c(F)cccc1NC1CC1. The monoisotopic (exact) mass is 320 g/mol. The van der Waals surface area contributed by atoms with Crippen molar-refractivity contribution in [1.82, 2.24) is 0 Å². The van der Waals surface area contributed by atoms with Crippen molar-refractivity contribution in [1.29, 1.82) is 0 Å². The van der Waals surface area contributed by atoms with Gasteiger partial charge in [0.2, 0.25) is 5.91 Å². The van der Waals surface area contributed by atoms with Crippen molar-refractivity contribution in [2.24, 2.45) is 0 Å². The van der Waals surface area contributed by atoms with Crippen molar-refractivity contribution >= 4 is 17.3 Å². The number of benzene rings is 2. The van der Waals surface area contributed by atoms with Crippen molar-refractivity contribution in [2.45, 2.75) is 25.3 Å². The Labute approximate surface area is 131 Å². The summed E-state index contributed by atoms with van der Waals surface area (Å²) in [7, 11) is 0. The lowest BCUT2D eigenvalue weighted by Gasteiger charge is -2.13. The molecule has 1 amide bonds. The van der Waals surface area contributed by atoms with Crippen LogP contribution in [0, 0.1) is 17.5 Å². The molecule has 0 atom stereocenters. The minimum atomic E-state index is -0.675. The molecule has 0 aliphatic heterocycles. The van der Waals surface area contributed by atoms with Crippen LogP contribution >= 0.6 is 0 Å². The molecule has 120 valence electrons. The second-order valence-corrected chi connectivity index (χ2v) is 5.54. The van der Waals surface area contributed by atoms with Crippen LogP contribution in [-0.2, 0) is 11.2 Å². The maximum Gasteiger partial charge on any atom is 0.229 e. The first-order valence-electron chi connectivity index (χ1n) is 7.32. The summed E-state index contributed by atoms with van der Waals surface area (Å²) in [5.74, 6) is -2.50. The molecule has 0 bridgehead atoms. The van der Waals surface area contributed by atoms with Crippen LogP contribution in [0.3, 0.4) is 0 Å². The molecule has 0 radical (unpaired) electrons. The zero-order chi connectivity index (χ0) is 16.4. The summed E-state index contributed by atoms with van der Waals surface area (Å²) in [6.45, 7) is 0. The van der Waals surface area contributed by atoms with E-state index in [1.165, 1.54) is 6.07 Å². The summed E-state index contributed by atoms with van der Waals surface area (Å²) in [4.78, 5) is 12.1. The molecule has 23 heavy (non-hydrogen) atoms. The molecule has 2 aromatic carbocycles. The highest BCUT2D eigenvalue weighted by Crippen LogP contribution is 2.31. The van der Waals surface area contributed by atoms with E-state index in [0.717, 1.165) is 31.0 Å². The number of anilines is 2. The Kier molecular flexibility index (Phi) is 4.23. The summed E-state index contributed by atoms with van der Waals surface area (Å²) >= 11 is 0. The van der Waals surface area contributed by atoms with Gasteiger partial charge >= 0.3 is 0 Å². The lowest BCUT2D eigenvalue weighted by atomic mass is 10.1. The molecule has 1 saturated carbocycles. The van der Waals surface area contributed by atoms with Gasteiger partial charge < -0.3 is 10.6 Å². The highest BCUT2D eigenvalue weighted by molar-refractivity contribution is 5.95. The Balaban J connectivity index is 1.76. The van der Waals surface area contributed by atoms with Gasteiger partial charge in [-0.2, -0.15) is 0 Å². The Morgan fingerprint density at radius 3 is 2.61 bits per heavy atom. The Hall–Kier alpha value is -2.50. The molecule has 0 saturated heterocycles. The molecule has 2 N–H and O–H groups in total. The largest absolute Gasteiger partial charge is 0.381 e. The number of amides is 1. The molecule has 3 nitrogen and oxygen atoms in total. The van der Waals surface area contributed by atoms with E-state index in [2.05, 4.69) is 10.6 Å². The van der Waals surface area contributed by atoms with Gasteiger partial charge in [0.25, 0.3) is 0 Å². The van der Waals surface area contributed by atoms with Gasteiger partial charge in [0.05, 0.1) is 12.1 Å². The van der Waals surface area contributed by atoms with Gasteiger partial charge in [-0.15, -0.1) is 0 Å². The number of carbonyl (C=O) groups excluding carboxylic acids is 1. The molecule has 0 unspecified atom stereocenters. The normalized spacial score (nSPS) is 13.7. The summed E-state index contributed by atoms with van der Waals surface area (Å²) in [5, 5.41) is 5.57. The van der Waals surface area contributed by atoms with Crippen molar-refractivity contribution < 1.29 is 18.0 Å². The molecule has 2 aromatic rings. The first-order chi connectivity index (χ1) is 11.0. The van der Waals surface area contributed by atoms with Crippen LogP contribution in [-0.4, -0.2) is 11.9 Å². The van der Waals surface area contributed by atoms with Gasteiger partial charge in [0.1, 0.15) is 23.1 Å². The van der Waals surface area contributed by atoms with E-state index in [1.807, 2.05) is 0 Å². The molecule has 1 fully saturated rings. The second kappa shape index (κ2) is 6.32. The van der Waals surface area contributed by atoms with E-state index in [9.17, 15) is 18.0 Å². The standard InChI is InChI=1S/C17H15F3N2O/c18-11-4-7-13(19)10(8-11)9-16(23)22-17-14(20)2-1-3-15(17)21-12-5-6-12/h1-4,7-8,12,21H,5-6,9H2,(H,22,23). The van der Waals surface area contributed by atoms with Gasteiger partial charge in [0.15, 0.2) is 0 Å². The third-order valence-electron chi connectivity index (χ3n) is 3.57. The maximum absolute atomic E-state index is 14.0. The topological polar surface area (TPSA) is 41.1 Å². The van der Waals surface area contributed by atoms with Gasteiger partial charge in [-0.25, -0.2) is 13.2 Å². The summed E-state index contributed by atoms with van der Waals surface area (Å²) in [5.41, 5.74) is 0.442. The molecule has 0 heterocycles. The van der Waals surface area contributed by atoms with Crippen LogP contribution < -0.4 is 10.6 Å². The van der Waals surface area contributed by atoms with Crippen molar-refractivity contribution in [2.75, 3.05) is 10.6 Å². The molecule has 0 aromatic heterocycles. The van der Waals surface area contributed by atoms with E-state index in [1.54, 1.807) is 12.1 Å². The minimum absolute atomic E-state index is 0.0289. The average molecular weight is 320 g/mol. The zero-order valence-electron chi connectivity index (χ0n) is 12.2. The van der Waals surface area contributed by atoms with E-state index in [0.29, 0.717) is 5.69 Å². The van der Waals surface area contributed by atoms with Gasteiger partial charge in [0, 0.05) is 11.6 Å². The Morgan fingerprint density at radius 2 is 1.87 bits per heavy atom. The quantitative estimate of drug-likeness (QED) is 0.878. The molecular formula is C17H15F3N2O. The molecule has 3 rings (SSSR count). The van der Waals surface area contributed by atoms with Crippen LogP contribution in [0.4, 0.5) is 24.5 Å². The van der Waals surface area contributed by atoms with Crippen LogP contribution in [0.5, 0.6) is 0 Å². The van der Waals surface area contributed by atoms with Gasteiger partial charge in [-0.05, 0) is 43.2 Å².